The van der Waals surface area contributed by atoms with Gasteiger partial charge in [0.1, 0.15) is 22.1 Å². The summed E-state index contributed by atoms with van der Waals surface area (Å²) < 4.78 is 77.9. The number of piperazine rings is 1. The van der Waals surface area contributed by atoms with Gasteiger partial charge >= 0.3 is 12.1 Å². The van der Waals surface area contributed by atoms with Gasteiger partial charge in [-0.25, -0.2) is 21.9 Å². The molecule has 1 saturated heterocycles. The second-order valence-corrected chi connectivity index (χ2v) is 14.1. The monoisotopic (exact) mass is 754 g/mol. The minimum absolute atomic E-state index is 0.00285. The molecular weight excluding hydrogens is 727 g/mol. The molecule has 0 bridgehead atoms. The van der Waals surface area contributed by atoms with Crippen LogP contribution in [-0.4, -0.2) is 79.2 Å². The molecule has 50 heavy (non-hydrogen) atoms. The number of benzene rings is 3. The van der Waals surface area contributed by atoms with Gasteiger partial charge in [0.15, 0.2) is 0 Å². The van der Waals surface area contributed by atoms with Crippen molar-refractivity contribution < 1.29 is 40.7 Å². The Kier molecular flexibility index (Phi) is 10.6. The summed E-state index contributed by atoms with van der Waals surface area (Å²) in [5.41, 5.74) is 0.362. The van der Waals surface area contributed by atoms with Crippen LogP contribution in [0.2, 0.25) is 10.0 Å². The Hall–Kier alpha value is -4.44. The predicted molar refractivity (Wildman–Crippen MR) is 178 cm³/mol. The summed E-state index contributed by atoms with van der Waals surface area (Å²) in [5, 5.41) is 8.01. The predicted octanol–water partition coefficient (Wildman–Crippen LogP) is 5.85. The van der Waals surface area contributed by atoms with Crippen molar-refractivity contribution in [3.05, 3.63) is 128 Å². The van der Waals surface area contributed by atoms with Crippen molar-refractivity contribution in [1.82, 2.24) is 14.4 Å². The Morgan fingerprint density at radius 1 is 0.800 bits per heavy atom. The largest absolute Gasteiger partial charge is 0.490 e. The molecule has 3 aromatic carbocycles. The third-order valence-corrected chi connectivity index (χ3v) is 10.5. The van der Waals surface area contributed by atoms with Crippen molar-refractivity contribution in [3.63, 3.8) is 0 Å². The van der Waals surface area contributed by atoms with Gasteiger partial charge in [0.2, 0.25) is 0 Å². The molecule has 4 aromatic rings. The van der Waals surface area contributed by atoms with Gasteiger partial charge in [0.25, 0.3) is 21.5 Å². The number of anilines is 1. The fourth-order valence-corrected chi connectivity index (χ4v) is 7.71. The molecule has 3 heterocycles. The van der Waals surface area contributed by atoms with Crippen LogP contribution in [0.3, 0.4) is 0 Å². The molecule has 1 aromatic heterocycles. The van der Waals surface area contributed by atoms with E-state index < -0.39 is 56.4 Å². The zero-order chi connectivity index (χ0) is 36.5. The standard InChI is InChI=1S/C31H27Cl2FN4O4S.C2HF3O2/c1-35-16-18-36(19-17-35)30(39)24-14-15-27-37(31(24)40)28(20-6-10-22(32)11-7-20)29(21-8-12-23(33)13-9-21)38(27)43(41,42)26-5-3-2-4-25(26)34;3-2(4,5)1(6)7/h2-15,28-29H,16-19H2,1H3;(H,6,7)/t28-,29+;/m0./s1. The van der Waals surface area contributed by atoms with Crippen LogP contribution in [0.1, 0.15) is 33.6 Å². The van der Waals surface area contributed by atoms with Crippen LogP contribution >= 0.6 is 23.2 Å². The number of hydrogen-bond donors (Lipinski definition) is 1. The first-order valence-corrected chi connectivity index (χ1v) is 17.1. The maximum absolute atomic E-state index is 15.1. The lowest BCUT2D eigenvalue weighted by Crippen LogP contribution is -2.48. The molecule has 0 saturated carbocycles. The molecule has 0 unspecified atom stereocenters. The van der Waals surface area contributed by atoms with E-state index in [0.29, 0.717) is 47.4 Å². The minimum atomic E-state index is -5.08. The Morgan fingerprint density at radius 3 is 1.80 bits per heavy atom. The van der Waals surface area contributed by atoms with Crippen LogP contribution in [-0.2, 0) is 14.8 Å². The third-order valence-electron chi connectivity index (χ3n) is 8.21. The van der Waals surface area contributed by atoms with Gasteiger partial charge in [-0.1, -0.05) is 59.6 Å². The second-order valence-electron chi connectivity index (χ2n) is 11.4. The summed E-state index contributed by atoms with van der Waals surface area (Å²) >= 11 is 12.4. The molecule has 2 aliphatic heterocycles. The van der Waals surface area contributed by atoms with Crippen molar-refractivity contribution in [1.29, 1.82) is 0 Å². The molecular formula is C33H28Cl2F4N4O6S. The van der Waals surface area contributed by atoms with E-state index in [2.05, 4.69) is 4.90 Å². The average Bonchev–Trinajstić information content (AvgIpc) is 3.42. The summed E-state index contributed by atoms with van der Waals surface area (Å²) in [7, 11) is -2.61. The van der Waals surface area contributed by atoms with Gasteiger partial charge in [0, 0.05) is 36.2 Å². The number of rotatable bonds is 5. The molecule has 1 N–H and O–H groups in total. The van der Waals surface area contributed by atoms with Crippen LogP contribution in [0, 0.1) is 5.82 Å². The number of carboxylic acids is 1. The Bertz CT molecular complexity index is 2070. The first-order valence-electron chi connectivity index (χ1n) is 14.9. The number of likely N-dealkylation sites (N-methyl/N-ethyl adjacent to an activating group) is 1. The first kappa shape index (κ1) is 36.8. The average molecular weight is 756 g/mol. The molecule has 0 aliphatic carbocycles. The SMILES string of the molecule is CN1CCN(C(=O)c2ccc3n(c2=O)[C@@H](c2ccc(Cl)cc2)[C@@H](c2ccc(Cl)cc2)N3S(=O)(=O)c2ccccc2F)CC1.O=C(O)C(F)(F)F. The van der Waals surface area contributed by atoms with E-state index in [1.165, 1.54) is 34.9 Å². The number of sulfonamides is 1. The molecule has 0 radical (unpaired) electrons. The van der Waals surface area contributed by atoms with Gasteiger partial charge in [-0.15, -0.1) is 0 Å². The molecule has 17 heteroatoms. The van der Waals surface area contributed by atoms with Gasteiger partial charge in [-0.3, -0.25) is 14.2 Å². The maximum Gasteiger partial charge on any atom is 0.490 e. The lowest BCUT2D eigenvalue weighted by molar-refractivity contribution is -0.192. The quantitative estimate of drug-likeness (QED) is 0.254. The van der Waals surface area contributed by atoms with E-state index in [1.807, 2.05) is 7.05 Å². The number of fused-ring (bicyclic) bond motifs is 1. The first-order chi connectivity index (χ1) is 23.5. The number of carbonyl (C=O) groups is 2. The Balaban J connectivity index is 0.000000630. The summed E-state index contributed by atoms with van der Waals surface area (Å²) in [4.78, 5) is 40.0. The van der Waals surface area contributed by atoms with Crippen molar-refractivity contribution >= 4 is 50.9 Å². The number of carboxylic acid groups (broad SMARTS) is 1. The molecule has 1 amide bonds. The summed E-state index contributed by atoms with van der Waals surface area (Å²) in [6.07, 6.45) is -5.08. The van der Waals surface area contributed by atoms with Gasteiger partial charge in [-0.2, -0.15) is 13.2 Å². The highest BCUT2D eigenvalue weighted by Crippen LogP contribution is 2.49. The van der Waals surface area contributed by atoms with E-state index in [-0.39, 0.29) is 11.4 Å². The number of alkyl halides is 3. The summed E-state index contributed by atoms with van der Waals surface area (Å²) in [5.74, 6) is -4.11. The van der Waals surface area contributed by atoms with E-state index in [1.54, 1.807) is 53.4 Å². The van der Waals surface area contributed by atoms with Crippen molar-refractivity contribution in [3.8, 4) is 0 Å². The van der Waals surface area contributed by atoms with Crippen LogP contribution < -0.4 is 9.86 Å². The highest BCUT2D eigenvalue weighted by atomic mass is 35.5. The zero-order valence-corrected chi connectivity index (χ0v) is 28.3. The number of aliphatic carboxylic acids is 1. The minimum Gasteiger partial charge on any atom is -0.475 e. The van der Waals surface area contributed by atoms with Gasteiger partial charge in [-0.05, 0) is 66.7 Å². The Morgan fingerprint density at radius 2 is 1.30 bits per heavy atom. The van der Waals surface area contributed by atoms with Crippen molar-refractivity contribution in [2.75, 3.05) is 37.5 Å². The zero-order valence-electron chi connectivity index (χ0n) is 26.0. The molecule has 6 rings (SSSR count). The lowest BCUT2D eigenvalue weighted by atomic mass is 9.94. The fraction of sp³-hybridized carbons (Fsp3) is 0.242. The topological polar surface area (TPSA) is 120 Å². The van der Waals surface area contributed by atoms with E-state index in [9.17, 15) is 31.2 Å². The molecule has 2 atom stereocenters. The highest BCUT2D eigenvalue weighted by Gasteiger charge is 2.48. The number of aromatic nitrogens is 1. The highest BCUT2D eigenvalue weighted by molar-refractivity contribution is 7.92. The number of nitrogens with zero attached hydrogens (tertiary/aromatic N) is 4. The van der Waals surface area contributed by atoms with E-state index in [4.69, 9.17) is 33.1 Å². The Labute approximate surface area is 293 Å². The molecule has 0 spiro atoms. The molecule has 264 valence electrons. The summed E-state index contributed by atoms with van der Waals surface area (Å²) in [6.45, 7) is 2.24. The molecule has 1 fully saturated rings. The molecule has 10 nitrogen and oxygen atoms in total. The van der Waals surface area contributed by atoms with Crippen LogP contribution in [0.15, 0.2) is 94.6 Å². The second kappa shape index (κ2) is 14.4. The van der Waals surface area contributed by atoms with E-state index >= 15 is 4.39 Å². The number of amides is 1. The number of pyridine rings is 1. The summed E-state index contributed by atoms with van der Waals surface area (Å²) in [6, 6.07) is 19.2. The number of halogens is 6. The number of hydrogen-bond acceptors (Lipinski definition) is 6. The lowest BCUT2D eigenvalue weighted by Gasteiger charge is -2.32. The number of carbonyl (C=O) groups excluding carboxylic acids is 1. The van der Waals surface area contributed by atoms with Gasteiger partial charge in [0.05, 0.1) is 12.1 Å². The van der Waals surface area contributed by atoms with Crippen molar-refractivity contribution in [2.45, 2.75) is 23.2 Å². The van der Waals surface area contributed by atoms with Crippen molar-refractivity contribution in [2.24, 2.45) is 0 Å². The van der Waals surface area contributed by atoms with Crippen LogP contribution in [0.4, 0.5) is 23.4 Å². The van der Waals surface area contributed by atoms with Crippen LogP contribution in [0.5, 0.6) is 0 Å². The smallest absolute Gasteiger partial charge is 0.475 e. The maximum atomic E-state index is 15.1. The third kappa shape index (κ3) is 7.36. The fourth-order valence-electron chi connectivity index (χ4n) is 5.75. The van der Waals surface area contributed by atoms with Crippen LogP contribution in [0.25, 0.3) is 0 Å². The van der Waals surface area contributed by atoms with E-state index in [0.717, 1.165) is 10.4 Å². The normalized spacial score (nSPS) is 17.9. The molecule has 2 aliphatic rings. The van der Waals surface area contributed by atoms with Gasteiger partial charge < -0.3 is 14.9 Å².